The number of nitrogens with zero attached hydrogens (tertiary/aromatic N) is 2. The number of carboxylic acids is 1. The molecule has 0 amide bonds. The van der Waals surface area contributed by atoms with Gasteiger partial charge < -0.3 is 14.7 Å². The minimum absolute atomic E-state index is 0.247. The molecule has 1 saturated heterocycles. The number of carbonyl (C=O) groups is 1. The van der Waals surface area contributed by atoms with Gasteiger partial charge in [0.25, 0.3) is 10.2 Å². The first-order chi connectivity index (χ1) is 14.4. The zero-order chi connectivity index (χ0) is 21.4. The minimum Gasteiger partial charge on any atom is -0.497 e. The second-order valence-corrected chi connectivity index (χ2v) is 9.31. The number of anilines is 1. The van der Waals surface area contributed by atoms with Crippen molar-refractivity contribution in [2.75, 3.05) is 38.2 Å². The summed E-state index contributed by atoms with van der Waals surface area (Å²) >= 11 is 0. The lowest BCUT2D eigenvalue weighted by atomic mass is 10.1. The second kappa shape index (κ2) is 7.90. The third-order valence-electron chi connectivity index (χ3n) is 5.87. The van der Waals surface area contributed by atoms with Gasteiger partial charge in [-0.25, -0.2) is 0 Å². The van der Waals surface area contributed by atoms with Crippen molar-refractivity contribution in [3.05, 3.63) is 60.2 Å². The molecule has 1 aliphatic carbocycles. The molecule has 9 heteroatoms. The fraction of sp³-hybridized carbons (Fsp3) is 0.381. The molecule has 2 aromatic carbocycles. The molecule has 160 valence electrons. The molecule has 0 spiro atoms. The third kappa shape index (κ3) is 3.88. The van der Waals surface area contributed by atoms with Gasteiger partial charge >= 0.3 is 5.97 Å². The second-order valence-electron chi connectivity index (χ2n) is 7.64. The summed E-state index contributed by atoms with van der Waals surface area (Å²) in [5.74, 6) is -0.746. The Hall–Kier alpha value is -2.62. The standard InChI is InChI=1S/C21H25N3O5S/c1-29-18-9-7-17(8-10-18)23-11-13-24(14-12-23)30(27,28)22-21(20(25)26)15-19(21)16-5-3-2-4-6-16/h2-10,19,22H,11-15H2,1H3,(H,25,26)/t19-,21+/m0/s1. The molecule has 0 bridgehead atoms. The first-order valence-corrected chi connectivity index (χ1v) is 11.3. The first kappa shape index (κ1) is 20.6. The lowest BCUT2D eigenvalue weighted by molar-refractivity contribution is -0.140. The molecule has 2 N–H and O–H groups in total. The van der Waals surface area contributed by atoms with E-state index in [0.717, 1.165) is 17.0 Å². The maximum Gasteiger partial charge on any atom is 0.325 e. The Labute approximate surface area is 176 Å². The third-order valence-corrected chi connectivity index (χ3v) is 7.54. The molecule has 2 aromatic rings. The maximum atomic E-state index is 13.0. The molecule has 0 aromatic heterocycles. The van der Waals surface area contributed by atoms with Gasteiger partial charge in [0, 0.05) is 37.8 Å². The number of benzene rings is 2. The van der Waals surface area contributed by atoms with Gasteiger partial charge in [-0.2, -0.15) is 17.4 Å². The number of carboxylic acid groups (broad SMARTS) is 1. The van der Waals surface area contributed by atoms with E-state index in [1.807, 2.05) is 54.6 Å². The number of hydrogen-bond acceptors (Lipinski definition) is 5. The van der Waals surface area contributed by atoms with Crippen LogP contribution < -0.4 is 14.4 Å². The van der Waals surface area contributed by atoms with Crippen molar-refractivity contribution >= 4 is 21.9 Å². The van der Waals surface area contributed by atoms with Crippen molar-refractivity contribution in [1.29, 1.82) is 0 Å². The molecule has 2 atom stereocenters. The van der Waals surface area contributed by atoms with Gasteiger partial charge in [-0.1, -0.05) is 30.3 Å². The van der Waals surface area contributed by atoms with Gasteiger partial charge in [-0.3, -0.25) is 4.79 Å². The summed E-state index contributed by atoms with van der Waals surface area (Å²) in [5, 5.41) is 9.77. The number of ether oxygens (including phenoxy) is 1. The topological polar surface area (TPSA) is 99.2 Å². The molecule has 4 rings (SSSR count). The molecule has 1 heterocycles. The largest absolute Gasteiger partial charge is 0.497 e. The molecule has 2 fully saturated rings. The molecule has 0 unspecified atom stereocenters. The highest BCUT2D eigenvalue weighted by Crippen LogP contribution is 2.52. The predicted molar refractivity (Wildman–Crippen MR) is 113 cm³/mol. The molecule has 1 saturated carbocycles. The monoisotopic (exact) mass is 431 g/mol. The average molecular weight is 432 g/mol. The Morgan fingerprint density at radius 3 is 2.27 bits per heavy atom. The van der Waals surface area contributed by atoms with Crippen molar-refractivity contribution in [3.63, 3.8) is 0 Å². The van der Waals surface area contributed by atoms with Crippen LogP contribution in [0.3, 0.4) is 0 Å². The maximum absolute atomic E-state index is 13.0. The van der Waals surface area contributed by atoms with Crippen molar-refractivity contribution in [2.24, 2.45) is 0 Å². The van der Waals surface area contributed by atoms with Crippen molar-refractivity contribution in [2.45, 2.75) is 17.9 Å². The van der Waals surface area contributed by atoms with Crippen molar-refractivity contribution < 1.29 is 23.1 Å². The number of piperazine rings is 1. The predicted octanol–water partition coefficient (Wildman–Crippen LogP) is 1.66. The van der Waals surface area contributed by atoms with E-state index in [4.69, 9.17) is 4.74 Å². The van der Waals surface area contributed by atoms with Crippen LogP contribution in [-0.4, -0.2) is 62.6 Å². The van der Waals surface area contributed by atoms with Gasteiger partial charge in [-0.05, 0) is 36.2 Å². The van der Waals surface area contributed by atoms with Gasteiger partial charge in [0.1, 0.15) is 11.3 Å². The SMILES string of the molecule is COc1ccc(N2CCN(S(=O)(=O)N[C@]3(C(=O)O)C[C@H]3c3ccccc3)CC2)cc1. The first-order valence-electron chi connectivity index (χ1n) is 9.82. The van der Waals surface area contributed by atoms with E-state index in [-0.39, 0.29) is 25.4 Å². The van der Waals surface area contributed by atoms with Crippen LogP contribution in [0.2, 0.25) is 0 Å². The minimum atomic E-state index is -3.92. The molecule has 0 radical (unpaired) electrons. The summed E-state index contributed by atoms with van der Waals surface area (Å²) in [6.07, 6.45) is 0.247. The molecule has 30 heavy (non-hydrogen) atoms. The Morgan fingerprint density at radius 1 is 1.07 bits per heavy atom. The lowest BCUT2D eigenvalue weighted by Crippen LogP contribution is -2.56. The highest BCUT2D eigenvalue weighted by atomic mass is 32.2. The Kier molecular flexibility index (Phi) is 5.44. The van der Waals surface area contributed by atoms with Crippen LogP contribution in [0.4, 0.5) is 5.69 Å². The summed E-state index contributed by atoms with van der Waals surface area (Å²) in [6, 6.07) is 16.8. The van der Waals surface area contributed by atoms with Crippen LogP contribution in [0.5, 0.6) is 5.75 Å². The smallest absolute Gasteiger partial charge is 0.325 e. The number of aliphatic carboxylic acids is 1. The number of methoxy groups -OCH3 is 1. The summed E-state index contributed by atoms with van der Waals surface area (Å²) < 4.78 is 34.9. The Morgan fingerprint density at radius 2 is 1.70 bits per heavy atom. The highest BCUT2D eigenvalue weighted by molar-refractivity contribution is 7.87. The van der Waals surface area contributed by atoms with Crippen molar-refractivity contribution in [1.82, 2.24) is 9.03 Å². The highest BCUT2D eigenvalue weighted by Gasteiger charge is 2.63. The number of hydrogen-bond donors (Lipinski definition) is 2. The molecular weight excluding hydrogens is 406 g/mol. The van der Waals surface area contributed by atoms with Crippen molar-refractivity contribution in [3.8, 4) is 5.75 Å². The van der Waals surface area contributed by atoms with E-state index in [2.05, 4.69) is 9.62 Å². The number of rotatable bonds is 7. The van der Waals surface area contributed by atoms with E-state index in [9.17, 15) is 18.3 Å². The van der Waals surface area contributed by atoms with E-state index < -0.39 is 21.7 Å². The van der Waals surface area contributed by atoms with E-state index in [1.165, 1.54) is 4.31 Å². The zero-order valence-corrected chi connectivity index (χ0v) is 17.5. The Balaban J connectivity index is 1.42. The summed E-state index contributed by atoms with van der Waals surface area (Å²) in [4.78, 5) is 14.1. The van der Waals surface area contributed by atoms with Gasteiger partial charge in [0.15, 0.2) is 0 Å². The van der Waals surface area contributed by atoms with E-state index in [1.54, 1.807) is 7.11 Å². The number of nitrogens with one attached hydrogen (secondary N) is 1. The van der Waals surface area contributed by atoms with Crippen LogP contribution in [0.1, 0.15) is 17.9 Å². The molecule has 1 aliphatic heterocycles. The van der Waals surface area contributed by atoms with Crippen LogP contribution in [0, 0.1) is 0 Å². The Bertz CT molecular complexity index is 1000. The quantitative estimate of drug-likeness (QED) is 0.692. The van der Waals surface area contributed by atoms with Crippen LogP contribution in [0.15, 0.2) is 54.6 Å². The summed E-state index contributed by atoms with van der Waals surface area (Å²) in [6.45, 7) is 1.62. The van der Waals surface area contributed by atoms with E-state index >= 15 is 0 Å². The van der Waals surface area contributed by atoms with E-state index in [0.29, 0.717) is 13.1 Å². The molecular formula is C21H25N3O5S. The van der Waals surface area contributed by atoms with Gasteiger partial charge in [-0.15, -0.1) is 0 Å². The van der Waals surface area contributed by atoms with Gasteiger partial charge in [0.2, 0.25) is 0 Å². The van der Waals surface area contributed by atoms with Crippen LogP contribution in [-0.2, 0) is 15.0 Å². The summed E-state index contributed by atoms with van der Waals surface area (Å²) in [7, 11) is -2.32. The fourth-order valence-corrected chi connectivity index (χ4v) is 5.56. The molecule has 8 nitrogen and oxygen atoms in total. The van der Waals surface area contributed by atoms with Crippen LogP contribution in [0.25, 0.3) is 0 Å². The fourth-order valence-electron chi connectivity index (χ4n) is 4.02. The van der Waals surface area contributed by atoms with Gasteiger partial charge in [0.05, 0.1) is 7.11 Å². The summed E-state index contributed by atoms with van der Waals surface area (Å²) in [5.41, 5.74) is 0.342. The van der Waals surface area contributed by atoms with Crippen LogP contribution >= 0.6 is 0 Å². The zero-order valence-electron chi connectivity index (χ0n) is 16.7. The molecule has 2 aliphatic rings. The lowest BCUT2D eigenvalue weighted by Gasteiger charge is -2.36. The average Bonchev–Trinajstić information content (AvgIpc) is 3.49. The normalized spacial score (nSPS) is 24.4.